The van der Waals surface area contributed by atoms with Crippen LogP contribution in [0.5, 0.6) is 0 Å². The molecule has 1 unspecified atom stereocenters. The lowest BCUT2D eigenvalue weighted by molar-refractivity contribution is -0.0120. The predicted octanol–water partition coefficient (Wildman–Crippen LogP) is 2.95. The first-order chi connectivity index (χ1) is 12.3. The second-order valence-electron chi connectivity index (χ2n) is 7.77. The summed E-state index contributed by atoms with van der Waals surface area (Å²) >= 11 is 2.09. The van der Waals surface area contributed by atoms with Crippen LogP contribution in [-0.4, -0.2) is 74.3 Å². The lowest BCUT2D eigenvalue weighted by atomic mass is 9.95. The highest BCUT2D eigenvalue weighted by Gasteiger charge is 2.40. The summed E-state index contributed by atoms with van der Waals surface area (Å²) in [5.74, 6) is 4.44. The van der Waals surface area contributed by atoms with E-state index in [2.05, 4.69) is 32.3 Å². The average Bonchev–Trinajstić information content (AvgIpc) is 3.34. The van der Waals surface area contributed by atoms with E-state index in [9.17, 15) is 0 Å². The molecule has 1 atom stereocenters. The highest BCUT2D eigenvalue weighted by Crippen LogP contribution is 2.33. The molecule has 2 N–H and O–H groups in total. The molecule has 0 radical (unpaired) electrons. The number of nitrogens with zero attached hydrogens (tertiary/aromatic N) is 2. The summed E-state index contributed by atoms with van der Waals surface area (Å²) in [7, 11) is 1.89. The molecule has 2 saturated heterocycles. The molecule has 3 aliphatic rings. The lowest BCUT2D eigenvalue weighted by Crippen LogP contribution is -2.60. The van der Waals surface area contributed by atoms with Crippen LogP contribution >= 0.6 is 35.7 Å². The molecule has 0 amide bonds. The van der Waals surface area contributed by atoms with Gasteiger partial charge in [-0.05, 0) is 30.9 Å². The summed E-state index contributed by atoms with van der Waals surface area (Å²) in [6, 6.07) is 0. The number of ether oxygens (including phenoxy) is 1. The van der Waals surface area contributed by atoms with E-state index in [0.717, 1.165) is 51.3 Å². The third kappa shape index (κ3) is 6.41. The molecule has 0 spiro atoms. The molecule has 1 aliphatic carbocycles. The van der Waals surface area contributed by atoms with E-state index in [1.54, 1.807) is 0 Å². The zero-order valence-corrected chi connectivity index (χ0v) is 19.4. The Bertz CT molecular complexity index is 420. The summed E-state index contributed by atoms with van der Waals surface area (Å²) in [6.07, 6.45) is 9.70. The van der Waals surface area contributed by atoms with Crippen molar-refractivity contribution in [1.82, 2.24) is 15.5 Å². The first kappa shape index (κ1) is 22.6. The van der Waals surface area contributed by atoms with Crippen LogP contribution in [0.4, 0.5) is 0 Å². The third-order valence-electron chi connectivity index (χ3n) is 6.13. The van der Waals surface area contributed by atoms with Gasteiger partial charge < -0.3 is 15.4 Å². The Kier molecular flexibility index (Phi) is 10.4. The summed E-state index contributed by atoms with van der Waals surface area (Å²) in [6.45, 7) is 5.91. The van der Waals surface area contributed by atoms with Crippen LogP contribution in [0.3, 0.4) is 0 Å². The number of hydrogen-bond donors (Lipinski definition) is 2. The quantitative estimate of drug-likeness (QED) is 0.246. The molecule has 0 aromatic rings. The summed E-state index contributed by atoms with van der Waals surface area (Å²) < 4.78 is 5.55. The normalized spacial score (nSPS) is 28.1. The first-order valence-electron chi connectivity index (χ1n) is 10.2. The van der Waals surface area contributed by atoms with Crippen LogP contribution in [0, 0.1) is 5.92 Å². The van der Waals surface area contributed by atoms with E-state index in [1.807, 2.05) is 7.05 Å². The fraction of sp³-hybridized carbons (Fsp3) is 0.947. The lowest BCUT2D eigenvalue weighted by Gasteiger charge is -2.43. The SMILES string of the molecule is CN=C(NCCCC1CCCC1)NCC1(N2CCOCC2)CCSC1.I. The Morgan fingerprint density at radius 2 is 2.00 bits per heavy atom. The number of guanidine groups is 1. The molecule has 0 aromatic carbocycles. The Labute approximate surface area is 180 Å². The van der Waals surface area contributed by atoms with E-state index in [1.165, 1.54) is 56.5 Å². The fourth-order valence-corrected chi connectivity index (χ4v) is 5.98. The van der Waals surface area contributed by atoms with Crippen LogP contribution in [-0.2, 0) is 4.74 Å². The van der Waals surface area contributed by atoms with Crippen LogP contribution in [0.1, 0.15) is 44.9 Å². The minimum Gasteiger partial charge on any atom is -0.379 e. The Morgan fingerprint density at radius 3 is 2.65 bits per heavy atom. The van der Waals surface area contributed by atoms with Gasteiger partial charge in [-0.15, -0.1) is 24.0 Å². The number of aliphatic imine (C=N–C) groups is 1. The van der Waals surface area contributed by atoms with Crippen molar-refractivity contribution in [2.75, 3.05) is 57.9 Å². The van der Waals surface area contributed by atoms with E-state index >= 15 is 0 Å². The van der Waals surface area contributed by atoms with E-state index in [4.69, 9.17) is 4.74 Å². The van der Waals surface area contributed by atoms with Crippen molar-refractivity contribution in [2.24, 2.45) is 10.9 Å². The van der Waals surface area contributed by atoms with Gasteiger partial charge in [-0.3, -0.25) is 9.89 Å². The minimum absolute atomic E-state index is 0. The predicted molar refractivity (Wildman–Crippen MR) is 123 cm³/mol. The van der Waals surface area contributed by atoms with Gasteiger partial charge in [0.15, 0.2) is 5.96 Å². The molecule has 3 rings (SSSR count). The molecule has 0 aromatic heterocycles. The topological polar surface area (TPSA) is 48.9 Å². The molecule has 2 heterocycles. The Morgan fingerprint density at radius 1 is 1.23 bits per heavy atom. The fourth-order valence-electron chi connectivity index (χ4n) is 4.50. The van der Waals surface area contributed by atoms with Crippen molar-refractivity contribution in [3.05, 3.63) is 0 Å². The summed E-state index contributed by atoms with van der Waals surface area (Å²) in [5, 5.41) is 7.15. The number of halogens is 1. The summed E-state index contributed by atoms with van der Waals surface area (Å²) in [5.41, 5.74) is 0.274. The second kappa shape index (κ2) is 12.0. The Balaban J connectivity index is 0.00000243. The monoisotopic (exact) mass is 496 g/mol. The molecule has 1 saturated carbocycles. The van der Waals surface area contributed by atoms with Gasteiger partial charge in [0.1, 0.15) is 0 Å². The Hall–Kier alpha value is 0.270. The number of thioether (sulfide) groups is 1. The van der Waals surface area contributed by atoms with Crippen molar-refractivity contribution in [3.63, 3.8) is 0 Å². The van der Waals surface area contributed by atoms with Gasteiger partial charge in [-0.25, -0.2) is 0 Å². The van der Waals surface area contributed by atoms with Gasteiger partial charge in [-0.2, -0.15) is 11.8 Å². The molecule has 26 heavy (non-hydrogen) atoms. The highest BCUT2D eigenvalue weighted by molar-refractivity contribution is 14.0. The van der Waals surface area contributed by atoms with Gasteiger partial charge in [0.25, 0.3) is 0 Å². The van der Waals surface area contributed by atoms with Gasteiger partial charge in [0.2, 0.25) is 0 Å². The van der Waals surface area contributed by atoms with Crippen molar-refractivity contribution in [1.29, 1.82) is 0 Å². The van der Waals surface area contributed by atoms with Crippen molar-refractivity contribution in [2.45, 2.75) is 50.5 Å². The first-order valence-corrected chi connectivity index (χ1v) is 11.3. The van der Waals surface area contributed by atoms with Gasteiger partial charge in [0.05, 0.1) is 13.2 Å². The average molecular weight is 497 g/mol. The van der Waals surface area contributed by atoms with Crippen molar-refractivity contribution < 1.29 is 4.74 Å². The maximum atomic E-state index is 5.55. The van der Waals surface area contributed by atoms with Crippen molar-refractivity contribution >= 4 is 41.7 Å². The number of nitrogens with one attached hydrogen (secondary N) is 2. The smallest absolute Gasteiger partial charge is 0.191 e. The molecule has 152 valence electrons. The summed E-state index contributed by atoms with van der Waals surface area (Å²) in [4.78, 5) is 7.09. The van der Waals surface area contributed by atoms with E-state index in [0.29, 0.717) is 0 Å². The van der Waals surface area contributed by atoms with Gasteiger partial charge >= 0.3 is 0 Å². The maximum Gasteiger partial charge on any atom is 0.191 e. The van der Waals surface area contributed by atoms with Gasteiger partial charge in [0, 0.05) is 44.5 Å². The minimum atomic E-state index is 0. The van der Waals surface area contributed by atoms with Crippen LogP contribution in [0.15, 0.2) is 4.99 Å². The molecule has 2 aliphatic heterocycles. The zero-order valence-electron chi connectivity index (χ0n) is 16.3. The molecule has 0 bridgehead atoms. The van der Waals surface area contributed by atoms with Crippen molar-refractivity contribution in [3.8, 4) is 0 Å². The van der Waals surface area contributed by atoms with Gasteiger partial charge in [-0.1, -0.05) is 25.7 Å². The van der Waals surface area contributed by atoms with Crippen LogP contribution < -0.4 is 10.6 Å². The molecule has 5 nitrogen and oxygen atoms in total. The van der Waals surface area contributed by atoms with E-state index in [-0.39, 0.29) is 29.5 Å². The largest absolute Gasteiger partial charge is 0.379 e. The third-order valence-corrected chi connectivity index (χ3v) is 7.36. The number of hydrogen-bond acceptors (Lipinski definition) is 4. The molecule has 7 heteroatoms. The zero-order chi connectivity index (χ0) is 17.4. The second-order valence-corrected chi connectivity index (χ2v) is 8.88. The standard InChI is InChI=1S/C19H36N4OS.HI/c1-20-18(21-9-4-7-17-5-2-3-6-17)22-15-19(8-14-25-16-19)23-10-12-24-13-11-23;/h17H,2-16H2,1H3,(H2,20,21,22);1H. The van der Waals surface area contributed by atoms with E-state index < -0.39 is 0 Å². The number of rotatable bonds is 7. The van der Waals surface area contributed by atoms with Crippen LogP contribution in [0.2, 0.25) is 0 Å². The van der Waals surface area contributed by atoms with Crippen LogP contribution in [0.25, 0.3) is 0 Å². The highest BCUT2D eigenvalue weighted by atomic mass is 127. The maximum absolute atomic E-state index is 5.55. The molecule has 3 fully saturated rings. The number of morpholine rings is 1. The molecular weight excluding hydrogens is 459 g/mol. The molecular formula is C19H37IN4OS.